The summed E-state index contributed by atoms with van der Waals surface area (Å²) in [6.07, 6.45) is 7.41. The van der Waals surface area contributed by atoms with E-state index in [1.54, 1.807) is 10.9 Å². The molecule has 0 aliphatic carbocycles. The lowest BCUT2D eigenvalue weighted by Crippen LogP contribution is -2.45. The van der Waals surface area contributed by atoms with Gasteiger partial charge in [0.05, 0.1) is 18.6 Å². The molecule has 0 saturated heterocycles. The summed E-state index contributed by atoms with van der Waals surface area (Å²) >= 11 is 0. The molecule has 0 aromatic carbocycles. The molecule has 166 valence electrons. The number of aromatic nitrogens is 2. The second-order valence-electron chi connectivity index (χ2n) is 10.5. The minimum Gasteiger partial charge on any atom is -0.293 e. The van der Waals surface area contributed by atoms with Gasteiger partial charge in [0.25, 0.3) is 0 Å². The van der Waals surface area contributed by atoms with Gasteiger partial charge in [-0.15, -0.1) is 0 Å². The Kier molecular flexibility index (Phi) is 8.34. The van der Waals surface area contributed by atoms with Crippen LogP contribution < -0.4 is 0 Å². The van der Waals surface area contributed by atoms with E-state index in [0.717, 1.165) is 18.1 Å². The molecule has 29 heavy (non-hydrogen) atoms. The smallest absolute Gasteiger partial charge is 0.178 e. The maximum Gasteiger partial charge on any atom is 0.178 e. The highest BCUT2D eigenvalue weighted by Gasteiger charge is 2.37. The van der Waals surface area contributed by atoms with Crippen LogP contribution in [0.15, 0.2) is 24.5 Å². The molecule has 4 nitrogen and oxygen atoms in total. The van der Waals surface area contributed by atoms with Gasteiger partial charge in [-0.2, -0.15) is 5.10 Å². The zero-order chi connectivity index (χ0) is 22.7. The third-order valence-corrected chi connectivity index (χ3v) is 16.1. The average molecular weight is 439 g/mol. The van der Waals surface area contributed by atoms with Crippen LogP contribution in [-0.2, 0) is 14.3 Å². The lowest BCUT2D eigenvalue weighted by molar-refractivity contribution is -0.119. The minimum absolute atomic E-state index is 0.0396. The second kappa shape index (κ2) is 9.34. The Hall–Kier alpha value is -1.14. The molecule has 0 amide bonds. The van der Waals surface area contributed by atoms with Crippen molar-refractivity contribution in [1.29, 1.82) is 0 Å². The highest BCUT2D eigenvalue weighted by Crippen LogP contribution is 2.29. The average Bonchev–Trinajstić information content (AvgIpc) is 3.11. The monoisotopic (exact) mass is 438 g/mol. The van der Waals surface area contributed by atoms with Crippen molar-refractivity contribution in [3.63, 3.8) is 0 Å². The zero-order valence-corrected chi connectivity index (χ0v) is 22.1. The first-order chi connectivity index (χ1) is 13.1. The van der Waals surface area contributed by atoms with Crippen molar-refractivity contribution < 1.29 is 9.00 Å². The third kappa shape index (κ3) is 6.68. The van der Waals surface area contributed by atoms with Crippen molar-refractivity contribution in [3.05, 3.63) is 24.5 Å². The topological polar surface area (TPSA) is 52.0 Å². The molecule has 1 aromatic rings. The van der Waals surface area contributed by atoms with Crippen LogP contribution in [-0.4, -0.2) is 44.3 Å². The summed E-state index contributed by atoms with van der Waals surface area (Å²) in [6.45, 7) is 18.7. The molecule has 1 aromatic heterocycles. The van der Waals surface area contributed by atoms with Gasteiger partial charge in [0.2, 0.25) is 0 Å². The Bertz CT molecular complexity index is 834. The number of allylic oxidation sites excluding steroid dienone is 2. The lowest BCUT2D eigenvalue weighted by Gasteiger charge is -2.32. The fourth-order valence-electron chi connectivity index (χ4n) is 3.64. The first kappa shape index (κ1) is 25.9. The van der Waals surface area contributed by atoms with Crippen molar-refractivity contribution in [2.24, 2.45) is 10.8 Å². The van der Waals surface area contributed by atoms with Crippen LogP contribution >= 0.6 is 0 Å². The van der Waals surface area contributed by atoms with Gasteiger partial charge in [-0.05, 0) is 21.0 Å². The Morgan fingerprint density at radius 1 is 1.07 bits per heavy atom. The Balaban J connectivity index is 3.96. The molecule has 0 aliphatic heterocycles. The Labute approximate surface area is 180 Å². The van der Waals surface area contributed by atoms with Crippen LogP contribution in [0, 0.1) is 10.8 Å². The van der Waals surface area contributed by atoms with Crippen molar-refractivity contribution in [3.8, 4) is 0 Å². The predicted octanol–water partition coefficient (Wildman–Crippen LogP) is 5.52. The quantitative estimate of drug-likeness (QED) is 0.305. The molecule has 0 radical (unpaired) electrons. The minimum atomic E-state index is -2.55. The standard InChI is InChI=1S/C23H42N2O2SSi/c1-11-29(12-2,13-3)18-28(10,27)20(21(26)23(7,8)9)19(17-22(4,5)6)25-16-14-15-24-25/h14-17H,11-13,18H2,1-10H3/b19-17+. The van der Waals surface area contributed by atoms with Gasteiger partial charge in [-0.3, -0.25) is 9.00 Å². The van der Waals surface area contributed by atoms with Crippen molar-refractivity contribution >= 4 is 33.9 Å². The molecule has 0 spiro atoms. The number of hydrogen-bond acceptors (Lipinski definition) is 3. The van der Waals surface area contributed by atoms with E-state index in [4.69, 9.17) is 0 Å². The van der Waals surface area contributed by atoms with Crippen LogP contribution in [0.4, 0.5) is 0 Å². The van der Waals surface area contributed by atoms with Crippen LogP contribution in [0.25, 0.3) is 5.70 Å². The fraction of sp³-hybridized carbons (Fsp3) is 0.696. The normalized spacial score (nSPS) is 15.9. The highest BCUT2D eigenvalue weighted by molar-refractivity contribution is 8.05. The first-order valence-corrected chi connectivity index (χ1v) is 15.7. The van der Waals surface area contributed by atoms with Gasteiger partial charge in [0.1, 0.15) is 0 Å². The molecule has 0 N–H and O–H groups in total. The van der Waals surface area contributed by atoms with E-state index < -0.39 is 23.0 Å². The molecule has 1 atom stereocenters. The summed E-state index contributed by atoms with van der Waals surface area (Å²) in [6, 6.07) is 5.10. The molecular weight excluding hydrogens is 396 g/mol. The summed E-state index contributed by atoms with van der Waals surface area (Å²) < 4.78 is 16.1. The molecule has 1 unspecified atom stereocenters. The third-order valence-electron chi connectivity index (χ3n) is 5.70. The van der Waals surface area contributed by atoms with E-state index in [1.165, 1.54) is 0 Å². The SMILES string of the molecule is CC[Si](CC)(CC)CS(C)(=O)=C(C(=O)C(C)(C)C)/C(=C\C(C)(C)C)n1cccn1. The van der Waals surface area contributed by atoms with Crippen LogP contribution in [0.3, 0.4) is 0 Å². The summed E-state index contributed by atoms with van der Waals surface area (Å²) in [5.41, 5.74) is -0.122. The van der Waals surface area contributed by atoms with E-state index >= 15 is 0 Å². The van der Waals surface area contributed by atoms with E-state index in [9.17, 15) is 9.00 Å². The zero-order valence-electron chi connectivity index (χ0n) is 20.3. The summed E-state index contributed by atoms with van der Waals surface area (Å²) in [5, 5.41) is 5.07. The van der Waals surface area contributed by atoms with Crippen molar-refractivity contribution in [2.45, 2.75) is 80.4 Å². The maximum absolute atomic E-state index is 14.4. The number of carbonyl (C=O) groups excluding carboxylic acids is 1. The van der Waals surface area contributed by atoms with Crippen LogP contribution in [0.5, 0.6) is 0 Å². The fourth-order valence-corrected chi connectivity index (χ4v) is 14.1. The number of carbonyl (C=O) groups is 1. The molecule has 0 saturated carbocycles. The lowest BCUT2D eigenvalue weighted by atomic mass is 9.86. The van der Waals surface area contributed by atoms with Crippen LogP contribution in [0.1, 0.15) is 62.3 Å². The highest BCUT2D eigenvalue weighted by atomic mass is 32.2. The largest absolute Gasteiger partial charge is 0.293 e. The molecule has 1 heterocycles. The van der Waals surface area contributed by atoms with Gasteiger partial charge in [-0.1, -0.05) is 86.5 Å². The number of Topliss-reactive ketones (excluding diaryl/α,β-unsaturated/α-hetero) is 1. The second-order valence-corrected chi connectivity index (χ2v) is 19.2. The molecule has 6 heteroatoms. The molecule has 0 bridgehead atoms. The maximum atomic E-state index is 14.4. The molecule has 0 fully saturated rings. The van der Waals surface area contributed by atoms with Gasteiger partial charge in [0.15, 0.2) is 5.78 Å². The van der Waals surface area contributed by atoms with Crippen LogP contribution in [0.2, 0.25) is 18.1 Å². The number of hydrogen-bond donors (Lipinski definition) is 0. The number of nitrogens with zero attached hydrogens (tertiary/aromatic N) is 2. The Morgan fingerprint density at radius 2 is 1.59 bits per heavy atom. The number of rotatable bonds is 8. The predicted molar refractivity (Wildman–Crippen MR) is 132 cm³/mol. The Morgan fingerprint density at radius 3 is 1.93 bits per heavy atom. The van der Waals surface area contributed by atoms with Gasteiger partial charge >= 0.3 is 0 Å². The summed E-state index contributed by atoms with van der Waals surface area (Å²) in [5.74, 6) is -0.0396. The van der Waals surface area contributed by atoms with Gasteiger partial charge in [0, 0.05) is 29.4 Å². The first-order valence-electron chi connectivity index (χ1n) is 10.7. The summed E-state index contributed by atoms with van der Waals surface area (Å²) in [7, 11) is -4.26. The van der Waals surface area contributed by atoms with Gasteiger partial charge < -0.3 is 0 Å². The molecule has 1 rings (SSSR count). The van der Waals surface area contributed by atoms with Gasteiger partial charge in [-0.25, -0.2) is 4.68 Å². The molecular formula is C23H42N2O2SSi. The van der Waals surface area contributed by atoms with E-state index in [2.05, 4.69) is 52.7 Å². The van der Waals surface area contributed by atoms with E-state index in [-0.39, 0.29) is 11.2 Å². The van der Waals surface area contributed by atoms with E-state index in [0.29, 0.717) is 15.9 Å². The van der Waals surface area contributed by atoms with E-state index in [1.807, 2.05) is 39.3 Å². The van der Waals surface area contributed by atoms with Crippen molar-refractivity contribution in [1.82, 2.24) is 9.78 Å². The summed E-state index contributed by atoms with van der Waals surface area (Å²) in [4.78, 5) is 14.2. The van der Waals surface area contributed by atoms with Crippen molar-refractivity contribution in [2.75, 3.05) is 11.6 Å². The molecule has 0 aliphatic rings. The number of ketones is 1.